The molecule has 9 rings (SSSR count). The highest BCUT2D eigenvalue weighted by molar-refractivity contribution is 6.17. The predicted molar refractivity (Wildman–Crippen MR) is 185 cm³/mol. The van der Waals surface area contributed by atoms with Gasteiger partial charge >= 0.3 is 0 Å². The van der Waals surface area contributed by atoms with E-state index in [-0.39, 0.29) is 10.8 Å². The summed E-state index contributed by atoms with van der Waals surface area (Å²) in [4.78, 5) is 5.39. The van der Waals surface area contributed by atoms with Crippen LogP contribution in [-0.4, -0.2) is 10.3 Å². The number of benzene rings is 5. The van der Waals surface area contributed by atoms with Crippen LogP contribution in [-0.2, 0) is 10.8 Å². The minimum atomic E-state index is -0.386. The van der Waals surface area contributed by atoms with Crippen LogP contribution in [0.15, 0.2) is 138 Å². The third-order valence-corrected chi connectivity index (χ3v) is 10.7. The van der Waals surface area contributed by atoms with Gasteiger partial charge in [0.05, 0.1) is 27.8 Å². The summed E-state index contributed by atoms with van der Waals surface area (Å²) < 4.78 is 2.49. The first-order valence-corrected chi connectivity index (χ1v) is 15.8. The van der Waals surface area contributed by atoms with Gasteiger partial charge in [0.2, 0.25) is 0 Å². The van der Waals surface area contributed by atoms with E-state index in [9.17, 15) is 0 Å². The zero-order valence-corrected chi connectivity index (χ0v) is 25.4. The molecule has 5 aromatic carbocycles. The number of fused-ring (bicyclic) bond motifs is 7. The standard InChI is InChI=1S/C42H34N2/c1-41(2)34-20-12-10-18-30(34)31-23-22-29(24-35(31)41)44-38-21-13-11-19-32(38)33-25-37-36(26-39(33)44)42(3,28-16-8-5-9-17-28)40(43-37)27-14-6-4-7-15-27/h4-19,21-26,34H,20H2,1-3H3. The molecule has 6 aromatic rings. The molecular formula is C42H34N2. The summed E-state index contributed by atoms with van der Waals surface area (Å²) in [5, 5.41) is 2.50. The molecule has 1 aliphatic heterocycles. The second-order valence-electron chi connectivity index (χ2n) is 13.3. The Morgan fingerprint density at radius 2 is 1.45 bits per heavy atom. The molecule has 0 bridgehead atoms. The van der Waals surface area contributed by atoms with Crippen molar-refractivity contribution in [1.29, 1.82) is 0 Å². The predicted octanol–water partition coefficient (Wildman–Crippen LogP) is 10.5. The normalized spacial score (nSPS) is 21.2. The van der Waals surface area contributed by atoms with E-state index in [1.165, 1.54) is 60.9 Å². The molecular weight excluding hydrogens is 532 g/mol. The molecule has 212 valence electrons. The summed E-state index contributed by atoms with van der Waals surface area (Å²) >= 11 is 0. The summed E-state index contributed by atoms with van der Waals surface area (Å²) in [6, 6.07) is 42.3. The van der Waals surface area contributed by atoms with E-state index >= 15 is 0 Å². The largest absolute Gasteiger partial charge is 0.309 e. The zero-order valence-electron chi connectivity index (χ0n) is 25.4. The number of aromatic nitrogens is 1. The van der Waals surface area contributed by atoms with Crippen molar-refractivity contribution in [3.8, 4) is 5.69 Å². The molecule has 2 unspecified atom stereocenters. The van der Waals surface area contributed by atoms with Crippen LogP contribution in [0.1, 0.15) is 55.0 Å². The van der Waals surface area contributed by atoms with Crippen LogP contribution >= 0.6 is 0 Å². The second kappa shape index (κ2) is 9.03. The van der Waals surface area contributed by atoms with Gasteiger partial charge in [0.15, 0.2) is 0 Å². The molecule has 0 fully saturated rings. The molecule has 0 radical (unpaired) electrons. The van der Waals surface area contributed by atoms with E-state index in [2.05, 4.69) is 159 Å². The van der Waals surface area contributed by atoms with Gasteiger partial charge in [-0.2, -0.15) is 0 Å². The van der Waals surface area contributed by atoms with E-state index in [0.29, 0.717) is 5.92 Å². The monoisotopic (exact) mass is 566 g/mol. The van der Waals surface area contributed by atoms with Gasteiger partial charge in [-0.05, 0) is 88.4 Å². The zero-order chi connectivity index (χ0) is 29.6. The molecule has 2 heterocycles. The number of nitrogens with zero attached hydrogens (tertiary/aromatic N) is 2. The van der Waals surface area contributed by atoms with Gasteiger partial charge in [-0.15, -0.1) is 0 Å². The lowest BCUT2D eigenvalue weighted by Gasteiger charge is -2.29. The summed E-state index contributed by atoms with van der Waals surface area (Å²) in [6.45, 7) is 7.19. The van der Waals surface area contributed by atoms with E-state index in [0.717, 1.165) is 17.8 Å². The van der Waals surface area contributed by atoms with E-state index in [1.807, 2.05) is 0 Å². The topological polar surface area (TPSA) is 17.3 Å². The third-order valence-electron chi connectivity index (χ3n) is 10.7. The maximum atomic E-state index is 5.39. The molecule has 0 saturated carbocycles. The highest BCUT2D eigenvalue weighted by Crippen LogP contribution is 2.54. The van der Waals surface area contributed by atoms with Gasteiger partial charge in [-0.1, -0.05) is 117 Å². The molecule has 2 aliphatic carbocycles. The number of rotatable bonds is 3. The Morgan fingerprint density at radius 3 is 2.27 bits per heavy atom. The van der Waals surface area contributed by atoms with Crippen molar-refractivity contribution < 1.29 is 0 Å². The van der Waals surface area contributed by atoms with Crippen molar-refractivity contribution in [2.75, 3.05) is 0 Å². The van der Waals surface area contributed by atoms with Crippen LogP contribution in [0.3, 0.4) is 0 Å². The first-order valence-electron chi connectivity index (χ1n) is 15.8. The molecule has 0 N–H and O–H groups in total. The molecule has 3 aliphatic rings. The lowest BCUT2D eigenvalue weighted by molar-refractivity contribution is 0.414. The highest BCUT2D eigenvalue weighted by Gasteiger charge is 2.44. The van der Waals surface area contributed by atoms with Gasteiger partial charge in [0.25, 0.3) is 0 Å². The maximum absolute atomic E-state index is 5.39. The Hall–Kier alpha value is -4.95. The number of allylic oxidation sites excluding steroid dienone is 4. The van der Waals surface area contributed by atoms with E-state index in [1.54, 1.807) is 0 Å². The van der Waals surface area contributed by atoms with Gasteiger partial charge in [-0.25, -0.2) is 0 Å². The average molecular weight is 567 g/mol. The molecule has 2 heteroatoms. The van der Waals surface area contributed by atoms with Gasteiger partial charge in [-0.3, -0.25) is 4.99 Å². The molecule has 44 heavy (non-hydrogen) atoms. The first kappa shape index (κ1) is 25.5. The molecule has 0 saturated heterocycles. The lowest BCUT2D eigenvalue weighted by Crippen LogP contribution is -2.31. The van der Waals surface area contributed by atoms with Crippen LogP contribution < -0.4 is 0 Å². The van der Waals surface area contributed by atoms with Crippen molar-refractivity contribution in [2.45, 2.75) is 38.0 Å². The van der Waals surface area contributed by atoms with Crippen molar-refractivity contribution >= 4 is 38.8 Å². The van der Waals surface area contributed by atoms with Crippen molar-refractivity contribution in [3.05, 3.63) is 161 Å². The fraction of sp³-hybridized carbons (Fsp3) is 0.167. The van der Waals surface area contributed by atoms with Crippen LogP contribution in [0.4, 0.5) is 5.69 Å². The van der Waals surface area contributed by atoms with Crippen LogP contribution in [0, 0.1) is 5.92 Å². The number of para-hydroxylation sites is 1. The average Bonchev–Trinajstić information content (AvgIpc) is 3.64. The quantitative estimate of drug-likeness (QED) is 0.203. The Balaban J connectivity index is 1.32. The van der Waals surface area contributed by atoms with Crippen LogP contribution in [0.5, 0.6) is 0 Å². The maximum Gasteiger partial charge on any atom is 0.0686 e. The minimum Gasteiger partial charge on any atom is -0.309 e. The molecule has 2 atom stereocenters. The van der Waals surface area contributed by atoms with E-state index < -0.39 is 0 Å². The summed E-state index contributed by atoms with van der Waals surface area (Å²) in [6.07, 6.45) is 7.99. The summed E-state index contributed by atoms with van der Waals surface area (Å²) in [5.41, 5.74) is 13.6. The fourth-order valence-electron chi connectivity index (χ4n) is 8.38. The smallest absolute Gasteiger partial charge is 0.0686 e. The molecule has 0 spiro atoms. The van der Waals surface area contributed by atoms with Crippen LogP contribution in [0.25, 0.3) is 33.1 Å². The Labute approximate surface area is 258 Å². The molecule has 0 amide bonds. The fourth-order valence-corrected chi connectivity index (χ4v) is 8.38. The minimum absolute atomic E-state index is 0.0756. The number of aliphatic imine (C=N–C) groups is 1. The highest BCUT2D eigenvalue weighted by atomic mass is 15.0. The van der Waals surface area contributed by atoms with Gasteiger partial charge in [0, 0.05) is 16.5 Å². The van der Waals surface area contributed by atoms with Crippen LogP contribution in [0.2, 0.25) is 0 Å². The van der Waals surface area contributed by atoms with Gasteiger partial charge < -0.3 is 4.57 Å². The Morgan fingerprint density at radius 1 is 0.705 bits per heavy atom. The summed E-state index contributed by atoms with van der Waals surface area (Å²) in [5.74, 6) is 0.527. The summed E-state index contributed by atoms with van der Waals surface area (Å²) in [7, 11) is 0. The Bertz CT molecular complexity index is 2230. The van der Waals surface area contributed by atoms with Gasteiger partial charge in [0.1, 0.15) is 0 Å². The molecule has 1 aromatic heterocycles. The third kappa shape index (κ3) is 3.34. The lowest BCUT2D eigenvalue weighted by atomic mass is 9.71. The Kier molecular flexibility index (Phi) is 5.24. The number of hydrogen-bond donors (Lipinski definition) is 0. The first-order chi connectivity index (χ1) is 21.5. The SMILES string of the molecule is CC1(c2ccccc2)C(c2ccccc2)=Nc2cc3c4ccccc4n(-c4ccc5c(c4)C(C)(C)C4CC=CC=C54)c3cc21. The second-order valence-corrected chi connectivity index (χ2v) is 13.3. The molecule has 2 nitrogen and oxygen atoms in total. The van der Waals surface area contributed by atoms with Crippen molar-refractivity contribution in [2.24, 2.45) is 10.9 Å². The number of hydrogen-bond acceptors (Lipinski definition) is 1. The van der Waals surface area contributed by atoms with Crippen molar-refractivity contribution in [3.63, 3.8) is 0 Å². The van der Waals surface area contributed by atoms with Crippen molar-refractivity contribution in [1.82, 2.24) is 4.57 Å². The van der Waals surface area contributed by atoms with E-state index in [4.69, 9.17) is 4.99 Å².